The Balaban J connectivity index is 2.07. The van der Waals surface area contributed by atoms with Crippen LogP contribution in [0.4, 0.5) is 5.95 Å². The van der Waals surface area contributed by atoms with Gasteiger partial charge >= 0.3 is 4.87 Å². The van der Waals surface area contributed by atoms with E-state index in [4.69, 9.17) is 15.2 Å². The molecule has 4 atom stereocenters. The van der Waals surface area contributed by atoms with E-state index in [1.807, 2.05) is 13.8 Å². The standard InChI is InChI=1S/C14H20N4O3S/c1-6-5-9(8(3)20-4)21-12(6)18-11-10(22-14(18)19)7(2)16-13(15)17-11/h6,8-9,12H,5H2,1-4H3,(H2,15,16,17)/t6-,8?,9+,12-/m1/s1. The number of thiazole rings is 1. The summed E-state index contributed by atoms with van der Waals surface area (Å²) in [5.74, 6) is 0.360. The van der Waals surface area contributed by atoms with E-state index in [0.29, 0.717) is 5.65 Å². The number of rotatable bonds is 3. The average molecular weight is 324 g/mol. The lowest BCUT2D eigenvalue weighted by atomic mass is 10.0. The average Bonchev–Trinajstić information content (AvgIpc) is 2.98. The fourth-order valence-electron chi connectivity index (χ4n) is 2.92. The molecule has 0 bridgehead atoms. The predicted octanol–water partition coefficient (Wildman–Crippen LogP) is 1.70. The van der Waals surface area contributed by atoms with Gasteiger partial charge in [-0.15, -0.1) is 0 Å². The van der Waals surface area contributed by atoms with Crippen LogP contribution in [0.3, 0.4) is 0 Å². The molecule has 0 aliphatic carbocycles. The van der Waals surface area contributed by atoms with E-state index < -0.39 is 0 Å². The van der Waals surface area contributed by atoms with Crippen molar-refractivity contribution >= 4 is 27.6 Å². The number of nitrogen functional groups attached to an aromatic ring is 1. The molecular weight excluding hydrogens is 304 g/mol. The number of aryl methyl sites for hydroxylation is 1. The highest BCUT2D eigenvalue weighted by Crippen LogP contribution is 2.37. The smallest absolute Gasteiger partial charge is 0.311 e. The molecule has 1 fully saturated rings. The van der Waals surface area contributed by atoms with Crippen LogP contribution < -0.4 is 10.6 Å². The van der Waals surface area contributed by atoms with E-state index in [1.54, 1.807) is 11.7 Å². The number of ether oxygens (including phenoxy) is 2. The summed E-state index contributed by atoms with van der Waals surface area (Å²) in [6, 6.07) is 0. The minimum Gasteiger partial charge on any atom is -0.379 e. The molecule has 1 aliphatic rings. The van der Waals surface area contributed by atoms with Crippen LogP contribution in [-0.2, 0) is 9.47 Å². The number of nitrogens with two attached hydrogens (primary N) is 1. The first-order chi connectivity index (χ1) is 10.4. The summed E-state index contributed by atoms with van der Waals surface area (Å²) in [5, 5.41) is 0. The van der Waals surface area contributed by atoms with Gasteiger partial charge in [0.15, 0.2) is 5.65 Å². The lowest BCUT2D eigenvalue weighted by Crippen LogP contribution is -2.27. The summed E-state index contributed by atoms with van der Waals surface area (Å²) in [7, 11) is 1.66. The topological polar surface area (TPSA) is 92.3 Å². The second kappa shape index (κ2) is 5.60. The van der Waals surface area contributed by atoms with Gasteiger partial charge in [-0.25, -0.2) is 4.98 Å². The van der Waals surface area contributed by atoms with Crippen molar-refractivity contribution in [2.75, 3.05) is 12.8 Å². The zero-order chi connectivity index (χ0) is 16.0. The van der Waals surface area contributed by atoms with E-state index in [-0.39, 0.29) is 35.2 Å². The van der Waals surface area contributed by atoms with Crippen molar-refractivity contribution in [1.29, 1.82) is 0 Å². The van der Waals surface area contributed by atoms with Crippen molar-refractivity contribution in [2.24, 2.45) is 5.92 Å². The molecule has 120 valence electrons. The van der Waals surface area contributed by atoms with Crippen LogP contribution in [0.25, 0.3) is 10.3 Å². The first-order valence-electron chi connectivity index (χ1n) is 7.25. The third-order valence-corrected chi connectivity index (χ3v) is 5.26. The molecule has 7 nitrogen and oxygen atoms in total. The molecule has 0 amide bonds. The van der Waals surface area contributed by atoms with E-state index >= 15 is 0 Å². The molecular formula is C14H20N4O3S. The van der Waals surface area contributed by atoms with Crippen LogP contribution in [0.5, 0.6) is 0 Å². The fraction of sp³-hybridized carbons (Fsp3) is 0.643. The molecule has 22 heavy (non-hydrogen) atoms. The summed E-state index contributed by atoms with van der Waals surface area (Å²) in [5.41, 5.74) is 7.02. The predicted molar refractivity (Wildman–Crippen MR) is 85.0 cm³/mol. The second-order valence-electron chi connectivity index (χ2n) is 5.78. The van der Waals surface area contributed by atoms with Gasteiger partial charge in [0.25, 0.3) is 0 Å². The van der Waals surface area contributed by atoms with E-state index in [9.17, 15) is 4.79 Å². The van der Waals surface area contributed by atoms with Crippen molar-refractivity contribution in [3.63, 3.8) is 0 Å². The molecule has 0 spiro atoms. The SMILES string of the molecule is COC(C)[C@@H]1C[C@@H](C)[C@H](n2c(=O)sc3c(C)nc(N)nc32)O1. The Labute approximate surface area is 132 Å². The fourth-order valence-corrected chi connectivity index (χ4v) is 3.81. The van der Waals surface area contributed by atoms with Gasteiger partial charge in [-0.3, -0.25) is 9.36 Å². The molecule has 8 heteroatoms. The molecule has 1 unspecified atom stereocenters. The number of hydrogen-bond donors (Lipinski definition) is 1. The van der Waals surface area contributed by atoms with Gasteiger partial charge in [0.1, 0.15) is 6.23 Å². The number of hydrogen-bond acceptors (Lipinski definition) is 7. The molecule has 1 aliphatic heterocycles. The molecule has 3 heterocycles. The van der Waals surface area contributed by atoms with Crippen LogP contribution in [-0.4, -0.2) is 33.9 Å². The largest absolute Gasteiger partial charge is 0.379 e. The number of anilines is 1. The van der Waals surface area contributed by atoms with Crippen molar-refractivity contribution in [2.45, 2.75) is 45.6 Å². The van der Waals surface area contributed by atoms with Crippen molar-refractivity contribution < 1.29 is 9.47 Å². The Morgan fingerprint density at radius 3 is 2.91 bits per heavy atom. The number of fused-ring (bicyclic) bond motifs is 1. The van der Waals surface area contributed by atoms with Crippen LogP contribution in [0.15, 0.2) is 4.79 Å². The molecule has 1 saturated heterocycles. The van der Waals surface area contributed by atoms with Crippen LogP contribution >= 0.6 is 11.3 Å². The maximum absolute atomic E-state index is 12.4. The molecule has 3 rings (SSSR count). The van der Waals surface area contributed by atoms with Gasteiger partial charge in [0, 0.05) is 13.0 Å². The third-order valence-electron chi connectivity index (χ3n) is 4.20. The Morgan fingerprint density at radius 2 is 2.23 bits per heavy atom. The first-order valence-corrected chi connectivity index (χ1v) is 8.07. The highest BCUT2D eigenvalue weighted by molar-refractivity contribution is 7.16. The normalized spacial score (nSPS) is 26.6. The van der Waals surface area contributed by atoms with Crippen molar-refractivity contribution in [3.05, 3.63) is 15.4 Å². The third kappa shape index (κ3) is 2.41. The van der Waals surface area contributed by atoms with Gasteiger partial charge < -0.3 is 15.2 Å². The second-order valence-corrected chi connectivity index (χ2v) is 6.74. The quantitative estimate of drug-likeness (QED) is 0.924. The highest BCUT2D eigenvalue weighted by Gasteiger charge is 2.38. The van der Waals surface area contributed by atoms with Gasteiger partial charge in [-0.05, 0) is 20.3 Å². The maximum atomic E-state index is 12.4. The minimum atomic E-state index is -0.349. The summed E-state index contributed by atoms with van der Waals surface area (Å²) in [6.45, 7) is 5.87. The Morgan fingerprint density at radius 1 is 1.50 bits per heavy atom. The monoisotopic (exact) mass is 324 g/mol. The molecule has 2 N–H and O–H groups in total. The number of aromatic nitrogens is 3. The molecule has 2 aromatic rings. The van der Waals surface area contributed by atoms with E-state index in [0.717, 1.165) is 28.2 Å². The van der Waals surface area contributed by atoms with Crippen LogP contribution in [0, 0.1) is 12.8 Å². The van der Waals surface area contributed by atoms with Gasteiger partial charge in [0.05, 0.1) is 22.6 Å². The molecule has 2 aromatic heterocycles. The van der Waals surface area contributed by atoms with E-state index in [2.05, 4.69) is 16.9 Å². The highest BCUT2D eigenvalue weighted by atomic mass is 32.1. The Bertz CT molecular complexity index is 756. The Kier molecular flexibility index (Phi) is 3.92. The molecule has 0 saturated carbocycles. The minimum absolute atomic E-state index is 0.0190. The number of methoxy groups -OCH3 is 1. The van der Waals surface area contributed by atoms with Crippen LogP contribution in [0.1, 0.15) is 32.2 Å². The lowest BCUT2D eigenvalue weighted by Gasteiger charge is -2.19. The molecule has 0 aromatic carbocycles. The summed E-state index contributed by atoms with van der Waals surface area (Å²) < 4.78 is 13.8. The maximum Gasteiger partial charge on any atom is 0.311 e. The van der Waals surface area contributed by atoms with Gasteiger partial charge in [-0.1, -0.05) is 18.3 Å². The zero-order valence-electron chi connectivity index (χ0n) is 13.1. The summed E-state index contributed by atoms with van der Waals surface area (Å²) >= 11 is 1.13. The first kappa shape index (κ1) is 15.4. The van der Waals surface area contributed by atoms with Crippen LogP contribution in [0.2, 0.25) is 0 Å². The van der Waals surface area contributed by atoms with Gasteiger partial charge in [0.2, 0.25) is 5.95 Å². The zero-order valence-corrected chi connectivity index (χ0v) is 13.9. The number of nitrogens with zero attached hydrogens (tertiary/aromatic N) is 3. The van der Waals surface area contributed by atoms with Crippen molar-refractivity contribution in [1.82, 2.24) is 14.5 Å². The summed E-state index contributed by atoms with van der Waals surface area (Å²) in [6.07, 6.45) is 0.433. The molecule has 0 radical (unpaired) electrons. The Hall–Kier alpha value is -1.51. The summed E-state index contributed by atoms with van der Waals surface area (Å²) in [4.78, 5) is 20.7. The van der Waals surface area contributed by atoms with Crippen molar-refractivity contribution in [3.8, 4) is 0 Å². The van der Waals surface area contributed by atoms with E-state index in [1.165, 1.54) is 0 Å². The lowest BCUT2D eigenvalue weighted by molar-refractivity contribution is -0.0703. The van der Waals surface area contributed by atoms with Gasteiger partial charge in [-0.2, -0.15) is 4.98 Å².